The summed E-state index contributed by atoms with van der Waals surface area (Å²) in [4.78, 5) is 12.1. The molecule has 0 bridgehead atoms. The summed E-state index contributed by atoms with van der Waals surface area (Å²) in [6.07, 6.45) is 0. The van der Waals surface area contributed by atoms with E-state index in [0.29, 0.717) is 6.54 Å². The minimum Gasteiger partial charge on any atom is -0.448 e. The molecule has 0 radical (unpaired) electrons. The van der Waals surface area contributed by atoms with Crippen LogP contribution in [0.15, 0.2) is 15.6 Å². The zero-order chi connectivity index (χ0) is 16.2. The second kappa shape index (κ2) is 8.52. The van der Waals surface area contributed by atoms with E-state index >= 15 is 0 Å². The smallest absolute Gasteiger partial charge is 0.275 e. The Morgan fingerprint density at radius 2 is 2.00 bits per heavy atom. The number of rotatable bonds is 7. The number of nitrogens with zero attached hydrogens (tertiary/aromatic N) is 1. The summed E-state index contributed by atoms with van der Waals surface area (Å²) in [6, 6.07) is 1.40. The van der Waals surface area contributed by atoms with Crippen molar-refractivity contribution in [1.29, 1.82) is 0 Å². The number of hydrogen-bond donors (Lipinski definition) is 2. The molecule has 1 aromatic rings. The Labute approximate surface area is 137 Å². The molecule has 128 valence electrons. The number of aryl methyl sites for hydroxylation is 1. The summed E-state index contributed by atoms with van der Waals surface area (Å²) in [5.74, 6) is -0.0646. The SMILES string of the molecule is CCN[C@H](C)CNC(=O)c1cc(S(=O)(=O)N(C)C)oc1C.Cl. The minimum atomic E-state index is -3.68. The van der Waals surface area contributed by atoms with Crippen molar-refractivity contribution in [2.45, 2.75) is 31.9 Å². The Morgan fingerprint density at radius 3 is 2.50 bits per heavy atom. The van der Waals surface area contributed by atoms with Crippen molar-refractivity contribution in [3.63, 3.8) is 0 Å². The molecule has 2 N–H and O–H groups in total. The Bertz CT molecular complexity index is 598. The average molecular weight is 354 g/mol. The van der Waals surface area contributed by atoms with E-state index in [-0.39, 0.29) is 40.8 Å². The van der Waals surface area contributed by atoms with Crippen molar-refractivity contribution in [1.82, 2.24) is 14.9 Å². The lowest BCUT2D eigenvalue weighted by Gasteiger charge is -2.12. The number of furan rings is 1. The molecule has 1 aromatic heterocycles. The minimum absolute atomic E-state index is 0. The first kappa shape index (κ1) is 20.9. The maximum absolute atomic E-state index is 12.1. The quantitative estimate of drug-likeness (QED) is 0.762. The van der Waals surface area contributed by atoms with E-state index in [1.807, 2.05) is 13.8 Å². The highest BCUT2D eigenvalue weighted by Crippen LogP contribution is 2.21. The zero-order valence-corrected chi connectivity index (χ0v) is 15.1. The Balaban J connectivity index is 0.00000441. The van der Waals surface area contributed by atoms with Crippen molar-refractivity contribution >= 4 is 28.3 Å². The first-order valence-corrected chi connectivity index (χ1v) is 8.18. The number of nitrogens with one attached hydrogen (secondary N) is 2. The summed E-state index contributed by atoms with van der Waals surface area (Å²) in [5.41, 5.74) is 0.235. The predicted molar refractivity (Wildman–Crippen MR) is 87.0 cm³/mol. The van der Waals surface area contributed by atoms with E-state index in [0.717, 1.165) is 10.8 Å². The fourth-order valence-electron chi connectivity index (χ4n) is 1.75. The highest BCUT2D eigenvalue weighted by molar-refractivity contribution is 7.88. The van der Waals surface area contributed by atoms with Crippen molar-refractivity contribution in [2.24, 2.45) is 0 Å². The second-order valence-electron chi connectivity index (χ2n) is 4.99. The van der Waals surface area contributed by atoms with Crippen LogP contribution in [-0.2, 0) is 10.0 Å². The van der Waals surface area contributed by atoms with Crippen LogP contribution in [0.3, 0.4) is 0 Å². The van der Waals surface area contributed by atoms with E-state index in [1.54, 1.807) is 6.92 Å². The number of likely N-dealkylation sites (N-methyl/N-ethyl adjacent to an activating group) is 1. The van der Waals surface area contributed by atoms with Crippen LogP contribution in [0.4, 0.5) is 0 Å². The molecule has 9 heteroatoms. The standard InChI is InChI=1S/C13H23N3O4S.ClH/c1-6-14-9(2)8-15-13(17)11-7-12(20-10(11)3)21(18,19)16(4)5;/h7,9,14H,6,8H2,1-5H3,(H,15,17);1H/t9-;/m1./s1. The van der Waals surface area contributed by atoms with Crippen LogP contribution in [0, 0.1) is 6.92 Å². The maximum Gasteiger partial charge on any atom is 0.275 e. The van der Waals surface area contributed by atoms with Gasteiger partial charge in [-0.05, 0) is 20.4 Å². The lowest BCUT2D eigenvalue weighted by atomic mass is 10.2. The van der Waals surface area contributed by atoms with E-state index in [4.69, 9.17) is 4.42 Å². The Morgan fingerprint density at radius 1 is 1.41 bits per heavy atom. The van der Waals surface area contributed by atoms with Gasteiger partial charge in [-0.25, -0.2) is 12.7 Å². The van der Waals surface area contributed by atoms with Gasteiger partial charge in [0, 0.05) is 32.7 Å². The number of sulfonamides is 1. The number of hydrogen-bond acceptors (Lipinski definition) is 5. The first-order valence-electron chi connectivity index (χ1n) is 6.74. The van der Waals surface area contributed by atoms with Gasteiger partial charge in [-0.3, -0.25) is 4.79 Å². The number of amides is 1. The summed E-state index contributed by atoms with van der Waals surface area (Å²) in [6.45, 7) is 6.77. The van der Waals surface area contributed by atoms with Gasteiger partial charge in [0.25, 0.3) is 15.9 Å². The van der Waals surface area contributed by atoms with Crippen molar-refractivity contribution < 1.29 is 17.6 Å². The van der Waals surface area contributed by atoms with E-state index in [9.17, 15) is 13.2 Å². The van der Waals surface area contributed by atoms with Crippen molar-refractivity contribution in [3.05, 3.63) is 17.4 Å². The highest BCUT2D eigenvalue weighted by atomic mass is 35.5. The highest BCUT2D eigenvalue weighted by Gasteiger charge is 2.25. The third-order valence-electron chi connectivity index (χ3n) is 3.00. The Kier molecular flexibility index (Phi) is 8.10. The molecule has 0 aliphatic carbocycles. The molecule has 0 aromatic carbocycles. The summed E-state index contributed by atoms with van der Waals surface area (Å²) in [5, 5.41) is 5.69. The van der Waals surface area contributed by atoms with Crippen LogP contribution in [-0.4, -0.2) is 51.9 Å². The molecule has 0 saturated heterocycles. The van der Waals surface area contributed by atoms with Gasteiger partial charge < -0.3 is 15.1 Å². The topological polar surface area (TPSA) is 91.6 Å². The largest absolute Gasteiger partial charge is 0.448 e. The van der Waals surface area contributed by atoms with Gasteiger partial charge in [0.2, 0.25) is 5.09 Å². The molecule has 0 saturated carbocycles. The molecule has 0 aliphatic rings. The van der Waals surface area contributed by atoms with Crippen molar-refractivity contribution in [2.75, 3.05) is 27.2 Å². The average Bonchev–Trinajstić information content (AvgIpc) is 2.79. The van der Waals surface area contributed by atoms with Crippen LogP contribution in [0.25, 0.3) is 0 Å². The van der Waals surface area contributed by atoms with Gasteiger partial charge in [-0.1, -0.05) is 6.92 Å². The molecular formula is C13H24ClN3O4S. The summed E-state index contributed by atoms with van der Waals surface area (Å²) in [7, 11) is -0.862. The second-order valence-corrected chi connectivity index (χ2v) is 7.07. The summed E-state index contributed by atoms with van der Waals surface area (Å²) < 4.78 is 30.2. The number of carbonyl (C=O) groups excluding carboxylic acids is 1. The molecule has 7 nitrogen and oxygen atoms in total. The molecule has 1 heterocycles. The van der Waals surface area contributed by atoms with Gasteiger partial charge in [0.1, 0.15) is 5.76 Å². The third kappa shape index (κ3) is 4.98. The molecule has 0 unspecified atom stereocenters. The third-order valence-corrected chi connectivity index (χ3v) is 4.67. The summed E-state index contributed by atoms with van der Waals surface area (Å²) >= 11 is 0. The monoisotopic (exact) mass is 353 g/mol. The molecule has 1 rings (SSSR count). The zero-order valence-electron chi connectivity index (χ0n) is 13.5. The van der Waals surface area contributed by atoms with E-state index in [2.05, 4.69) is 10.6 Å². The van der Waals surface area contributed by atoms with Crippen LogP contribution in [0.5, 0.6) is 0 Å². The molecule has 0 fully saturated rings. The maximum atomic E-state index is 12.1. The molecule has 1 amide bonds. The molecular weight excluding hydrogens is 330 g/mol. The van der Waals surface area contributed by atoms with E-state index in [1.165, 1.54) is 20.2 Å². The number of carbonyl (C=O) groups is 1. The van der Waals surface area contributed by atoms with Gasteiger partial charge in [-0.15, -0.1) is 12.4 Å². The fraction of sp³-hybridized carbons (Fsp3) is 0.615. The number of halogens is 1. The van der Waals surface area contributed by atoms with Crippen LogP contribution < -0.4 is 10.6 Å². The normalized spacial score (nSPS) is 12.8. The molecule has 1 atom stereocenters. The van der Waals surface area contributed by atoms with Gasteiger partial charge in [0.15, 0.2) is 0 Å². The fourth-order valence-corrected chi connectivity index (χ4v) is 2.61. The molecule has 22 heavy (non-hydrogen) atoms. The molecule has 0 spiro atoms. The lowest BCUT2D eigenvalue weighted by Crippen LogP contribution is -2.38. The predicted octanol–water partition coefficient (Wildman–Crippen LogP) is 0.988. The first-order chi connectivity index (χ1) is 9.70. The van der Waals surface area contributed by atoms with Crippen LogP contribution in [0.2, 0.25) is 0 Å². The van der Waals surface area contributed by atoms with Gasteiger partial charge in [-0.2, -0.15) is 0 Å². The van der Waals surface area contributed by atoms with Gasteiger partial charge >= 0.3 is 0 Å². The Hall–Kier alpha value is -1.09. The lowest BCUT2D eigenvalue weighted by molar-refractivity contribution is 0.0948. The van der Waals surface area contributed by atoms with E-state index < -0.39 is 10.0 Å². The molecule has 0 aliphatic heterocycles. The van der Waals surface area contributed by atoms with Gasteiger partial charge in [0.05, 0.1) is 5.56 Å². The van der Waals surface area contributed by atoms with Crippen LogP contribution in [0.1, 0.15) is 30.0 Å². The van der Waals surface area contributed by atoms with Crippen molar-refractivity contribution in [3.8, 4) is 0 Å². The van der Waals surface area contributed by atoms with Crippen LogP contribution >= 0.6 is 12.4 Å².